The molecule has 1 amide bonds. The molecule has 20 heavy (non-hydrogen) atoms. The first kappa shape index (κ1) is 14.6. The monoisotopic (exact) mass is 290 g/mol. The van der Waals surface area contributed by atoms with Crippen LogP contribution in [0, 0.1) is 0 Å². The van der Waals surface area contributed by atoms with Crippen molar-refractivity contribution in [2.75, 3.05) is 7.05 Å². The van der Waals surface area contributed by atoms with E-state index in [1.807, 2.05) is 37.3 Å². The van der Waals surface area contributed by atoms with E-state index in [1.54, 1.807) is 18.4 Å². The van der Waals surface area contributed by atoms with Gasteiger partial charge in [-0.25, -0.2) is 4.79 Å². The molecule has 106 valence electrons. The smallest absolute Gasteiger partial charge is 0.407 e. The fourth-order valence-corrected chi connectivity index (χ4v) is 2.87. The number of hydrogen-bond donors (Lipinski definition) is 2. The number of amides is 1. The number of rotatable bonds is 4. The van der Waals surface area contributed by atoms with Crippen molar-refractivity contribution < 1.29 is 9.53 Å². The zero-order valence-electron chi connectivity index (χ0n) is 11.6. The van der Waals surface area contributed by atoms with E-state index in [9.17, 15) is 4.79 Å². The number of hydrogen-bond acceptors (Lipinski definition) is 4. The molecule has 4 nitrogen and oxygen atoms in total. The molecule has 0 fully saturated rings. The number of carbonyl (C=O) groups excluding carboxylic acids is 1. The van der Waals surface area contributed by atoms with E-state index in [0.717, 1.165) is 20.9 Å². The van der Waals surface area contributed by atoms with Crippen molar-refractivity contribution in [2.45, 2.75) is 19.6 Å². The van der Waals surface area contributed by atoms with Crippen LogP contribution in [0.1, 0.15) is 23.4 Å². The predicted octanol–water partition coefficient (Wildman–Crippen LogP) is 3.29. The minimum Gasteiger partial charge on any atom is -0.445 e. The van der Waals surface area contributed by atoms with Gasteiger partial charge in [0.25, 0.3) is 0 Å². The Morgan fingerprint density at radius 2 is 2.10 bits per heavy atom. The van der Waals surface area contributed by atoms with Crippen molar-refractivity contribution in [3.05, 3.63) is 46.8 Å². The van der Waals surface area contributed by atoms with Gasteiger partial charge in [-0.3, -0.25) is 0 Å². The topological polar surface area (TPSA) is 64.3 Å². The molecule has 0 saturated heterocycles. The number of benzene rings is 1. The third-order valence-corrected chi connectivity index (χ3v) is 4.24. The van der Waals surface area contributed by atoms with E-state index in [-0.39, 0.29) is 12.6 Å². The first-order valence-electron chi connectivity index (χ1n) is 6.40. The lowest BCUT2D eigenvalue weighted by atomic mass is 10.1. The molecule has 0 unspecified atom stereocenters. The molecule has 0 aliphatic rings. The van der Waals surface area contributed by atoms with E-state index < -0.39 is 6.09 Å². The minimum absolute atomic E-state index is 0.0306. The SMILES string of the molecule is CNC(=O)OCc1ccccc1-c1ccc([C@@H](C)N)s1. The van der Waals surface area contributed by atoms with Gasteiger partial charge >= 0.3 is 6.09 Å². The van der Waals surface area contributed by atoms with Crippen molar-refractivity contribution in [3.63, 3.8) is 0 Å². The average Bonchev–Trinajstić information content (AvgIpc) is 2.95. The third kappa shape index (κ3) is 3.37. The van der Waals surface area contributed by atoms with Crippen LogP contribution in [-0.4, -0.2) is 13.1 Å². The third-order valence-electron chi connectivity index (χ3n) is 2.92. The summed E-state index contributed by atoms with van der Waals surface area (Å²) >= 11 is 1.67. The van der Waals surface area contributed by atoms with Gasteiger partial charge in [0.1, 0.15) is 6.61 Å². The second-order valence-electron chi connectivity index (χ2n) is 4.47. The van der Waals surface area contributed by atoms with Crippen LogP contribution in [0.4, 0.5) is 4.79 Å². The number of nitrogens with two attached hydrogens (primary N) is 1. The number of ether oxygens (including phenoxy) is 1. The summed E-state index contributed by atoms with van der Waals surface area (Å²) in [6.45, 7) is 2.22. The summed E-state index contributed by atoms with van der Waals surface area (Å²) in [7, 11) is 1.54. The van der Waals surface area contributed by atoms with Crippen LogP contribution >= 0.6 is 11.3 Å². The molecule has 0 aliphatic carbocycles. The number of alkyl carbamates (subject to hydrolysis) is 1. The molecule has 1 atom stereocenters. The Bertz CT molecular complexity index is 593. The summed E-state index contributed by atoms with van der Waals surface area (Å²) in [5.74, 6) is 0. The Balaban J connectivity index is 2.24. The molecule has 1 heterocycles. The Kier molecular flexibility index (Phi) is 4.76. The Morgan fingerprint density at radius 3 is 2.75 bits per heavy atom. The molecule has 0 spiro atoms. The number of thiophene rings is 1. The van der Waals surface area contributed by atoms with E-state index >= 15 is 0 Å². The summed E-state index contributed by atoms with van der Waals surface area (Å²) < 4.78 is 5.12. The largest absolute Gasteiger partial charge is 0.445 e. The van der Waals surface area contributed by atoms with Gasteiger partial charge in [0.2, 0.25) is 0 Å². The maximum absolute atomic E-state index is 11.2. The average molecular weight is 290 g/mol. The highest BCUT2D eigenvalue weighted by atomic mass is 32.1. The lowest BCUT2D eigenvalue weighted by Crippen LogP contribution is -2.18. The molecule has 0 bridgehead atoms. The summed E-state index contributed by atoms with van der Waals surface area (Å²) in [6, 6.07) is 12.0. The summed E-state index contributed by atoms with van der Waals surface area (Å²) in [5.41, 5.74) is 7.95. The van der Waals surface area contributed by atoms with Crippen molar-refractivity contribution in [2.24, 2.45) is 5.73 Å². The summed E-state index contributed by atoms with van der Waals surface area (Å²) in [6.07, 6.45) is -0.428. The van der Waals surface area contributed by atoms with Crippen LogP contribution in [0.3, 0.4) is 0 Å². The van der Waals surface area contributed by atoms with Crippen molar-refractivity contribution in [1.29, 1.82) is 0 Å². The fourth-order valence-electron chi connectivity index (χ4n) is 1.84. The Morgan fingerprint density at radius 1 is 1.35 bits per heavy atom. The van der Waals surface area contributed by atoms with Gasteiger partial charge in [0, 0.05) is 22.8 Å². The molecule has 0 aliphatic heterocycles. The molecule has 0 saturated carbocycles. The van der Waals surface area contributed by atoms with Crippen LogP contribution < -0.4 is 11.1 Å². The molecule has 2 rings (SSSR count). The van der Waals surface area contributed by atoms with E-state index in [4.69, 9.17) is 10.5 Å². The van der Waals surface area contributed by atoms with Crippen molar-refractivity contribution >= 4 is 17.4 Å². The van der Waals surface area contributed by atoms with Crippen LogP contribution in [0.25, 0.3) is 10.4 Å². The molecular formula is C15H18N2O2S. The quantitative estimate of drug-likeness (QED) is 0.908. The molecule has 2 aromatic rings. The first-order valence-corrected chi connectivity index (χ1v) is 7.21. The van der Waals surface area contributed by atoms with Crippen molar-refractivity contribution in [3.8, 4) is 10.4 Å². The van der Waals surface area contributed by atoms with Crippen LogP contribution in [-0.2, 0) is 11.3 Å². The zero-order chi connectivity index (χ0) is 14.5. The van der Waals surface area contributed by atoms with E-state index in [1.165, 1.54) is 0 Å². The lowest BCUT2D eigenvalue weighted by molar-refractivity contribution is 0.142. The molecule has 1 aromatic carbocycles. The summed E-state index contributed by atoms with van der Waals surface area (Å²) in [4.78, 5) is 13.5. The van der Waals surface area contributed by atoms with E-state index in [0.29, 0.717) is 0 Å². The van der Waals surface area contributed by atoms with Gasteiger partial charge in [0.05, 0.1) is 0 Å². The standard InChI is InChI=1S/C15H18N2O2S/c1-10(16)13-7-8-14(20-13)12-6-4-3-5-11(12)9-19-15(18)17-2/h3-8,10H,9,16H2,1-2H3,(H,17,18)/t10-/m1/s1. The highest BCUT2D eigenvalue weighted by Gasteiger charge is 2.10. The van der Waals surface area contributed by atoms with Gasteiger partial charge in [0.15, 0.2) is 0 Å². The van der Waals surface area contributed by atoms with Crippen LogP contribution in [0.5, 0.6) is 0 Å². The molecule has 3 N–H and O–H groups in total. The van der Waals surface area contributed by atoms with Crippen LogP contribution in [0.2, 0.25) is 0 Å². The Hall–Kier alpha value is -1.85. The molecule has 1 aromatic heterocycles. The second-order valence-corrected chi connectivity index (χ2v) is 5.59. The highest BCUT2D eigenvalue weighted by Crippen LogP contribution is 2.33. The minimum atomic E-state index is -0.428. The highest BCUT2D eigenvalue weighted by molar-refractivity contribution is 7.15. The zero-order valence-corrected chi connectivity index (χ0v) is 12.4. The lowest BCUT2D eigenvalue weighted by Gasteiger charge is -2.08. The van der Waals surface area contributed by atoms with Gasteiger partial charge in [-0.2, -0.15) is 0 Å². The van der Waals surface area contributed by atoms with Gasteiger partial charge in [-0.05, 0) is 30.2 Å². The molecule has 0 radical (unpaired) electrons. The van der Waals surface area contributed by atoms with E-state index in [2.05, 4.69) is 11.4 Å². The first-order chi connectivity index (χ1) is 9.61. The van der Waals surface area contributed by atoms with Gasteiger partial charge < -0.3 is 15.8 Å². The van der Waals surface area contributed by atoms with Crippen molar-refractivity contribution in [1.82, 2.24) is 5.32 Å². The number of nitrogens with one attached hydrogen (secondary N) is 1. The normalized spacial score (nSPS) is 11.9. The number of carbonyl (C=O) groups is 1. The Labute approximate surface area is 122 Å². The molecule has 5 heteroatoms. The molecular weight excluding hydrogens is 272 g/mol. The summed E-state index contributed by atoms with van der Waals surface area (Å²) in [5, 5.41) is 2.44. The predicted molar refractivity (Wildman–Crippen MR) is 81.6 cm³/mol. The van der Waals surface area contributed by atoms with Crippen LogP contribution in [0.15, 0.2) is 36.4 Å². The van der Waals surface area contributed by atoms with Gasteiger partial charge in [-0.1, -0.05) is 24.3 Å². The maximum Gasteiger partial charge on any atom is 0.407 e. The second kappa shape index (κ2) is 6.54. The fraction of sp³-hybridized carbons (Fsp3) is 0.267. The van der Waals surface area contributed by atoms with Gasteiger partial charge in [-0.15, -0.1) is 11.3 Å². The maximum atomic E-state index is 11.2.